The highest BCUT2D eigenvalue weighted by Crippen LogP contribution is 2.37. The molecular weight excluding hydrogens is 321 g/mol. The first kappa shape index (κ1) is 17.7. The molecule has 0 unspecified atom stereocenters. The van der Waals surface area contributed by atoms with Crippen LogP contribution in [-0.2, 0) is 11.3 Å². The zero-order valence-electron chi connectivity index (χ0n) is 14.5. The molecule has 3 rings (SSSR count). The molecule has 2 aromatic carbocycles. The number of piperidine rings is 1. The SMILES string of the molecule is CCCC1(C(=O)O)CCN(Cc2ccc3cc(OF)ccc3c2)CC1. The van der Waals surface area contributed by atoms with Gasteiger partial charge in [0.1, 0.15) is 0 Å². The molecule has 0 spiro atoms. The van der Waals surface area contributed by atoms with Gasteiger partial charge in [-0.1, -0.05) is 31.5 Å². The first-order valence-electron chi connectivity index (χ1n) is 8.83. The zero-order valence-corrected chi connectivity index (χ0v) is 14.5. The van der Waals surface area contributed by atoms with Crippen molar-refractivity contribution >= 4 is 16.7 Å². The number of carboxylic acids is 1. The highest BCUT2D eigenvalue weighted by atomic mass is 19.3. The third-order valence-electron chi connectivity index (χ3n) is 5.37. The number of fused-ring (bicyclic) bond motifs is 1. The molecule has 25 heavy (non-hydrogen) atoms. The molecule has 0 amide bonds. The number of hydrogen-bond donors (Lipinski definition) is 1. The lowest BCUT2D eigenvalue weighted by Gasteiger charge is -2.38. The van der Waals surface area contributed by atoms with Crippen molar-refractivity contribution in [2.45, 2.75) is 39.2 Å². The van der Waals surface area contributed by atoms with Crippen LogP contribution in [-0.4, -0.2) is 29.1 Å². The first-order chi connectivity index (χ1) is 12.1. The molecule has 1 fully saturated rings. The fraction of sp³-hybridized carbons (Fsp3) is 0.450. The Balaban J connectivity index is 1.67. The van der Waals surface area contributed by atoms with E-state index in [0.29, 0.717) is 12.8 Å². The Kier molecular flexibility index (Phi) is 5.23. The average molecular weight is 345 g/mol. The van der Waals surface area contributed by atoms with E-state index in [0.717, 1.165) is 43.2 Å². The summed E-state index contributed by atoms with van der Waals surface area (Å²) in [4.78, 5) is 17.8. The molecule has 134 valence electrons. The van der Waals surface area contributed by atoms with Crippen LogP contribution >= 0.6 is 0 Å². The number of benzene rings is 2. The molecule has 0 aromatic heterocycles. The predicted molar refractivity (Wildman–Crippen MR) is 95.2 cm³/mol. The van der Waals surface area contributed by atoms with Crippen molar-refractivity contribution in [2.24, 2.45) is 5.41 Å². The van der Waals surface area contributed by atoms with Gasteiger partial charge < -0.3 is 5.11 Å². The summed E-state index contributed by atoms with van der Waals surface area (Å²) in [5.74, 6) is -0.442. The lowest BCUT2D eigenvalue weighted by atomic mass is 9.75. The van der Waals surface area contributed by atoms with Crippen molar-refractivity contribution in [3.05, 3.63) is 42.0 Å². The van der Waals surface area contributed by atoms with Crippen LogP contribution < -0.4 is 4.94 Å². The smallest absolute Gasteiger partial charge is 0.309 e. The fourth-order valence-electron chi connectivity index (χ4n) is 3.87. The van der Waals surface area contributed by atoms with E-state index in [1.807, 2.05) is 25.1 Å². The maximum Gasteiger partial charge on any atom is 0.309 e. The van der Waals surface area contributed by atoms with Crippen LogP contribution in [0.25, 0.3) is 10.8 Å². The van der Waals surface area contributed by atoms with Crippen LogP contribution in [0, 0.1) is 5.41 Å². The van der Waals surface area contributed by atoms with E-state index in [9.17, 15) is 14.4 Å². The van der Waals surface area contributed by atoms with E-state index < -0.39 is 11.4 Å². The monoisotopic (exact) mass is 345 g/mol. The molecule has 0 bridgehead atoms. The maximum atomic E-state index is 12.3. The first-order valence-corrected chi connectivity index (χ1v) is 8.83. The Bertz CT molecular complexity index is 754. The Labute approximate surface area is 147 Å². The van der Waals surface area contributed by atoms with Gasteiger partial charge >= 0.3 is 5.97 Å². The lowest BCUT2D eigenvalue weighted by molar-refractivity contribution is -0.152. The third kappa shape index (κ3) is 3.76. The van der Waals surface area contributed by atoms with E-state index in [4.69, 9.17) is 0 Å². The van der Waals surface area contributed by atoms with Gasteiger partial charge in [0.05, 0.1) is 5.41 Å². The van der Waals surface area contributed by atoms with Crippen LogP contribution in [0.1, 0.15) is 38.2 Å². The molecular formula is C20H24FNO3. The van der Waals surface area contributed by atoms with Crippen LogP contribution in [0.2, 0.25) is 0 Å². The second-order valence-electron chi connectivity index (χ2n) is 7.03. The summed E-state index contributed by atoms with van der Waals surface area (Å²) in [5, 5.41) is 11.6. The highest BCUT2D eigenvalue weighted by Gasteiger charge is 2.40. The van der Waals surface area contributed by atoms with Crippen LogP contribution in [0.4, 0.5) is 4.53 Å². The summed E-state index contributed by atoms with van der Waals surface area (Å²) in [6.45, 7) is 4.46. The number of halogens is 1. The standard InChI is InChI=1S/C20H24FNO3/c1-2-7-20(19(23)24)8-10-22(11-9-20)14-15-3-4-17-13-18(25-21)6-5-16(17)12-15/h3-6,12-13H,2,7-11,14H2,1H3,(H,23,24). The molecule has 2 aromatic rings. The van der Waals surface area contributed by atoms with Gasteiger partial charge in [0.2, 0.25) is 0 Å². The number of carboxylic acid groups (broad SMARTS) is 1. The van der Waals surface area contributed by atoms with Gasteiger partial charge in [-0.3, -0.25) is 14.6 Å². The summed E-state index contributed by atoms with van der Waals surface area (Å²) in [6.07, 6.45) is 3.08. The van der Waals surface area contributed by atoms with Gasteiger partial charge in [-0.05, 0) is 66.9 Å². The Morgan fingerprint density at radius 2 is 1.88 bits per heavy atom. The summed E-state index contributed by atoms with van der Waals surface area (Å²) in [6, 6.07) is 11.2. The van der Waals surface area contributed by atoms with Crippen molar-refractivity contribution in [3.8, 4) is 5.75 Å². The minimum atomic E-state index is -0.648. The van der Waals surface area contributed by atoms with Gasteiger partial charge in [-0.2, -0.15) is 0 Å². The van der Waals surface area contributed by atoms with Gasteiger partial charge in [0, 0.05) is 11.1 Å². The van der Waals surface area contributed by atoms with Crippen molar-refractivity contribution in [2.75, 3.05) is 13.1 Å². The second-order valence-corrected chi connectivity index (χ2v) is 7.03. The molecule has 1 aliphatic rings. The van der Waals surface area contributed by atoms with Crippen molar-refractivity contribution in [1.82, 2.24) is 4.90 Å². The van der Waals surface area contributed by atoms with Crippen molar-refractivity contribution in [1.29, 1.82) is 0 Å². The molecule has 0 radical (unpaired) electrons. The third-order valence-corrected chi connectivity index (χ3v) is 5.37. The van der Waals surface area contributed by atoms with E-state index in [1.54, 1.807) is 12.1 Å². The van der Waals surface area contributed by atoms with Gasteiger partial charge in [-0.15, -0.1) is 0 Å². The number of carbonyl (C=O) groups is 1. The molecule has 5 heteroatoms. The lowest BCUT2D eigenvalue weighted by Crippen LogP contribution is -2.44. The Morgan fingerprint density at radius 3 is 2.52 bits per heavy atom. The fourth-order valence-corrected chi connectivity index (χ4v) is 3.87. The average Bonchev–Trinajstić information content (AvgIpc) is 2.63. The Hall–Kier alpha value is -2.14. The predicted octanol–water partition coefficient (Wildman–Crippen LogP) is 4.57. The van der Waals surface area contributed by atoms with Gasteiger partial charge in [0.15, 0.2) is 5.75 Å². The number of hydrogen-bond acceptors (Lipinski definition) is 3. The van der Waals surface area contributed by atoms with Gasteiger partial charge in [0.25, 0.3) is 0 Å². The molecule has 1 saturated heterocycles. The topological polar surface area (TPSA) is 49.8 Å². The highest BCUT2D eigenvalue weighted by molar-refractivity contribution is 5.84. The quantitative estimate of drug-likeness (QED) is 0.833. The molecule has 0 atom stereocenters. The van der Waals surface area contributed by atoms with E-state index in [-0.39, 0.29) is 5.75 Å². The summed E-state index contributed by atoms with van der Waals surface area (Å²) >= 11 is 0. The zero-order chi connectivity index (χ0) is 17.9. The van der Waals surface area contributed by atoms with Crippen LogP contribution in [0.3, 0.4) is 0 Å². The largest absolute Gasteiger partial charge is 0.481 e. The minimum absolute atomic E-state index is 0.206. The summed E-state index contributed by atoms with van der Waals surface area (Å²) in [5.41, 5.74) is 0.636. The summed E-state index contributed by atoms with van der Waals surface area (Å²) < 4.78 is 12.3. The van der Waals surface area contributed by atoms with Crippen LogP contribution in [0.5, 0.6) is 5.75 Å². The molecule has 0 aliphatic carbocycles. The summed E-state index contributed by atoms with van der Waals surface area (Å²) in [7, 11) is 0. The Morgan fingerprint density at radius 1 is 1.20 bits per heavy atom. The molecule has 1 heterocycles. The maximum absolute atomic E-state index is 12.3. The van der Waals surface area contributed by atoms with E-state index in [2.05, 4.69) is 15.9 Å². The van der Waals surface area contributed by atoms with Crippen molar-refractivity contribution < 1.29 is 19.4 Å². The van der Waals surface area contributed by atoms with Gasteiger partial charge in [-0.25, -0.2) is 0 Å². The van der Waals surface area contributed by atoms with E-state index in [1.165, 1.54) is 5.56 Å². The second kappa shape index (κ2) is 7.40. The molecule has 1 N–H and O–H groups in total. The molecule has 1 aliphatic heterocycles. The number of rotatable bonds is 6. The normalized spacial score (nSPS) is 17.5. The molecule has 0 saturated carbocycles. The molecule has 4 nitrogen and oxygen atoms in total. The van der Waals surface area contributed by atoms with E-state index >= 15 is 0 Å². The minimum Gasteiger partial charge on any atom is -0.481 e. The van der Waals surface area contributed by atoms with Crippen molar-refractivity contribution in [3.63, 3.8) is 0 Å². The number of aliphatic carboxylic acids is 1. The van der Waals surface area contributed by atoms with Crippen LogP contribution in [0.15, 0.2) is 36.4 Å². The number of nitrogens with zero attached hydrogens (tertiary/aromatic N) is 1. The number of likely N-dealkylation sites (tertiary alicyclic amines) is 1.